The molecule has 0 aliphatic carbocycles. The Balaban J connectivity index is 1.60. The van der Waals surface area contributed by atoms with Gasteiger partial charge in [-0.15, -0.1) is 5.10 Å². The zero-order chi connectivity index (χ0) is 30.9. The Morgan fingerprint density at radius 1 is 1.07 bits per heavy atom. The maximum atomic E-state index is 13.0. The van der Waals surface area contributed by atoms with Crippen LogP contribution in [-0.2, 0) is 20.2 Å². The summed E-state index contributed by atoms with van der Waals surface area (Å²) < 4.78 is 26.8. The molecule has 1 fully saturated rings. The van der Waals surface area contributed by atoms with Gasteiger partial charge in [-0.25, -0.2) is 9.48 Å². The topological polar surface area (TPSA) is 202 Å². The van der Waals surface area contributed by atoms with Crippen LogP contribution in [0, 0.1) is 0 Å². The number of aromatic nitrogens is 5. The molecule has 3 aromatic rings. The first-order valence-corrected chi connectivity index (χ1v) is 15.4. The highest BCUT2D eigenvalue weighted by Gasteiger charge is 2.51. The molecule has 0 amide bonds. The van der Waals surface area contributed by atoms with Crippen LogP contribution in [-0.4, -0.2) is 74.0 Å². The van der Waals surface area contributed by atoms with Crippen LogP contribution in [0.1, 0.15) is 70.9 Å². The predicted octanol–water partition coefficient (Wildman–Crippen LogP) is 1.60. The Morgan fingerprint density at radius 3 is 2.36 bits per heavy atom. The highest BCUT2D eigenvalue weighted by molar-refractivity contribution is 7.54. The average molecular weight is 608 g/mol. The number of benzene rings is 1. The van der Waals surface area contributed by atoms with Gasteiger partial charge in [0, 0.05) is 19.0 Å². The first-order chi connectivity index (χ1) is 19.8. The standard InChI is InChI=1S/C27H38N5O9P/c1-5-26(4,37)42(38,39)41-27(6-2,7-3)14-20-21(33)22(34)24(40-20)31-16-19(23(35)28-25(31)36)32-15-18(29-30-32)13-17-11-9-8-10-12-17/h8-12,15-16,20-22,24,33-34,37H,5-7,13-14H2,1-4H3,(H,38,39)(H,28,35,36). The average Bonchev–Trinajstić information content (AvgIpc) is 3.52. The molecule has 4 rings (SSSR count). The number of ether oxygens (including phenoxy) is 1. The van der Waals surface area contributed by atoms with Gasteiger partial charge in [-0.3, -0.25) is 23.4 Å². The summed E-state index contributed by atoms with van der Waals surface area (Å²) in [6.45, 7) is 6.21. The molecular formula is C27H38N5O9P. The second-order valence-electron chi connectivity index (χ2n) is 10.8. The smallest absolute Gasteiger partial charge is 0.359 e. The van der Waals surface area contributed by atoms with E-state index in [1.54, 1.807) is 27.0 Å². The van der Waals surface area contributed by atoms with Crippen LogP contribution in [0.3, 0.4) is 0 Å². The van der Waals surface area contributed by atoms with E-state index >= 15 is 0 Å². The summed E-state index contributed by atoms with van der Waals surface area (Å²) in [6.07, 6.45) is -2.19. The number of nitrogens with one attached hydrogen (secondary N) is 1. The van der Waals surface area contributed by atoms with Gasteiger partial charge in [0.1, 0.15) is 17.9 Å². The summed E-state index contributed by atoms with van der Waals surface area (Å²) in [5.74, 6) is 0. The van der Waals surface area contributed by atoms with Crippen molar-refractivity contribution in [2.75, 3.05) is 0 Å². The van der Waals surface area contributed by atoms with Gasteiger partial charge in [0.25, 0.3) is 5.56 Å². The van der Waals surface area contributed by atoms with E-state index in [-0.39, 0.29) is 31.4 Å². The lowest BCUT2D eigenvalue weighted by Gasteiger charge is -2.39. The Hall–Kier alpha value is -2.97. The van der Waals surface area contributed by atoms with E-state index in [0.29, 0.717) is 12.1 Å². The van der Waals surface area contributed by atoms with Gasteiger partial charge in [-0.2, -0.15) is 0 Å². The van der Waals surface area contributed by atoms with Crippen molar-refractivity contribution in [1.29, 1.82) is 0 Å². The van der Waals surface area contributed by atoms with Crippen LogP contribution in [0.5, 0.6) is 0 Å². The van der Waals surface area contributed by atoms with E-state index in [9.17, 15) is 34.4 Å². The van der Waals surface area contributed by atoms with E-state index in [1.165, 1.54) is 11.6 Å². The molecule has 6 unspecified atom stereocenters. The minimum Gasteiger partial charge on any atom is -0.388 e. The zero-order valence-electron chi connectivity index (χ0n) is 24.0. The molecule has 0 radical (unpaired) electrons. The van der Waals surface area contributed by atoms with Crippen LogP contribution < -0.4 is 11.2 Å². The van der Waals surface area contributed by atoms with Crippen molar-refractivity contribution in [3.63, 3.8) is 0 Å². The van der Waals surface area contributed by atoms with E-state index < -0.39 is 54.3 Å². The van der Waals surface area contributed by atoms with Crippen molar-refractivity contribution in [2.24, 2.45) is 0 Å². The molecule has 1 saturated heterocycles. The number of aromatic amines is 1. The van der Waals surface area contributed by atoms with Crippen LogP contribution >= 0.6 is 7.60 Å². The van der Waals surface area contributed by atoms with Crippen LogP contribution in [0.2, 0.25) is 0 Å². The summed E-state index contributed by atoms with van der Waals surface area (Å²) in [7, 11) is -4.54. The highest BCUT2D eigenvalue weighted by Crippen LogP contribution is 2.59. The molecule has 1 aromatic carbocycles. The predicted molar refractivity (Wildman–Crippen MR) is 151 cm³/mol. The molecule has 14 nitrogen and oxygen atoms in total. The number of aliphatic hydroxyl groups excluding tert-OH is 2. The van der Waals surface area contributed by atoms with Crippen molar-refractivity contribution in [3.05, 3.63) is 74.8 Å². The molecule has 0 spiro atoms. The molecule has 1 aliphatic rings. The van der Waals surface area contributed by atoms with E-state index in [1.807, 2.05) is 30.3 Å². The maximum absolute atomic E-state index is 13.0. The SMILES string of the molecule is CCC(CC)(CC1OC(n2cc(-n3cc(Cc4ccccc4)nn3)c(=O)[nH]c2=O)C(O)C1O)OP(=O)(O)C(C)(O)CC. The fraction of sp³-hybridized carbons (Fsp3) is 0.556. The second-order valence-corrected chi connectivity index (χ2v) is 13.0. The van der Waals surface area contributed by atoms with Gasteiger partial charge in [0.05, 0.1) is 23.6 Å². The quantitative estimate of drug-likeness (QED) is 0.187. The Bertz CT molecular complexity index is 1530. The van der Waals surface area contributed by atoms with Crippen LogP contribution in [0.4, 0.5) is 0 Å². The van der Waals surface area contributed by atoms with E-state index in [0.717, 1.165) is 16.3 Å². The van der Waals surface area contributed by atoms with Gasteiger partial charge < -0.3 is 24.9 Å². The Kier molecular flexibility index (Phi) is 9.38. The minimum absolute atomic E-state index is 0.0371. The molecule has 3 heterocycles. The summed E-state index contributed by atoms with van der Waals surface area (Å²) in [5, 5.41) is 38.4. The van der Waals surface area contributed by atoms with Crippen molar-refractivity contribution in [2.45, 2.75) is 95.3 Å². The number of hydrogen-bond acceptors (Lipinski definition) is 10. The van der Waals surface area contributed by atoms with Crippen molar-refractivity contribution in [3.8, 4) is 5.69 Å². The molecule has 1 aliphatic heterocycles. The lowest BCUT2D eigenvalue weighted by atomic mass is 9.88. The molecule has 6 atom stereocenters. The van der Waals surface area contributed by atoms with Crippen molar-refractivity contribution < 1.29 is 34.0 Å². The first kappa shape index (κ1) is 32.0. The number of H-pyrrole nitrogens is 1. The van der Waals surface area contributed by atoms with E-state index in [4.69, 9.17) is 9.26 Å². The molecule has 0 saturated carbocycles. The van der Waals surface area contributed by atoms with Gasteiger partial charge in [-0.1, -0.05) is 56.3 Å². The first-order valence-electron chi connectivity index (χ1n) is 13.8. The number of hydrogen-bond donors (Lipinski definition) is 5. The fourth-order valence-electron chi connectivity index (χ4n) is 4.89. The third kappa shape index (κ3) is 6.35. The monoisotopic (exact) mass is 607 g/mol. The molecule has 15 heteroatoms. The molecule has 42 heavy (non-hydrogen) atoms. The third-order valence-electron chi connectivity index (χ3n) is 8.03. The lowest BCUT2D eigenvalue weighted by Crippen LogP contribution is -2.41. The number of rotatable bonds is 12. The Morgan fingerprint density at radius 2 is 1.74 bits per heavy atom. The van der Waals surface area contributed by atoms with E-state index in [2.05, 4.69) is 15.3 Å². The Labute approximate surface area is 242 Å². The van der Waals surface area contributed by atoms with Gasteiger partial charge >= 0.3 is 13.3 Å². The summed E-state index contributed by atoms with van der Waals surface area (Å²) in [5.41, 5.74) is -1.45. The molecule has 230 valence electrons. The molecule has 2 aromatic heterocycles. The molecular weight excluding hydrogens is 569 g/mol. The normalized spacial score (nSPS) is 23.9. The van der Waals surface area contributed by atoms with Crippen LogP contribution in [0.25, 0.3) is 5.69 Å². The highest BCUT2D eigenvalue weighted by atomic mass is 31.2. The minimum atomic E-state index is -4.54. The van der Waals surface area contributed by atoms with Crippen molar-refractivity contribution >= 4 is 7.60 Å². The summed E-state index contributed by atoms with van der Waals surface area (Å²) in [6, 6.07) is 9.53. The summed E-state index contributed by atoms with van der Waals surface area (Å²) in [4.78, 5) is 38.3. The zero-order valence-corrected chi connectivity index (χ0v) is 24.8. The number of aliphatic hydroxyl groups is 3. The lowest BCUT2D eigenvalue weighted by molar-refractivity contribution is -0.0775. The second kappa shape index (κ2) is 12.3. The maximum Gasteiger partial charge on any atom is 0.359 e. The van der Waals surface area contributed by atoms with Gasteiger partial charge in [-0.05, 0) is 31.7 Å². The van der Waals surface area contributed by atoms with Crippen LogP contribution in [0.15, 0.2) is 52.3 Å². The van der Waals surface area contributed by atoms with Gasteiger partial charge in [0.15, 0.2) is 11.6 Å². The largest absolute Gasteiger partial charge is 0.388 e. The molecule has 5 N–H and O–H groups in total. The third-order valence-corrected chi connectivity index (χ3v) is 10.2. The summed E-state index contributed by atoms with van der Waals surface area (Å²) >= 11 is 0. The van der Waals surface area contributed by atoms with Crippen molar-refractivity contribution in [1.82, 2.24) is 24.5 Å². The fourth-order valence-corrected chi connectivity index (χ4v) is 6.34. The molecule has 0 bridgehead atoms. The van der Waals surface area contributed by atoms with Gasteiger partial charge in [0.2, 0.25) is 0 Å². The number of nitrogens with zero attached hydrogens (tertiary/aromatic N) is 4.